The molecule has 0 bridgehead atoms. The van der Waals surface area contributed by atoms with E-state index in [0.29, 0.717) is 0 Å². The van der Waals surface area contributed by atoms with Crippen molar-refractivity contribution in [1.29, 1.82) is 0 Å². The first kappa shape index (κ1) is 17.9. The van der Waals surface area contributed by atoms with Gasteiger partial charge >= 0.3 is 0 Å². The van der Waals surface area contributed by atoms with Crippen LogP contribution in [0.2, 0.25) is 0 Å². The smallest absolute Gasteiger partial charge is 0.187 e. The van der Waals surface area contributed by atoms with Crippen LogP contribution in [-0.4, -0.2) is 104 Å². The van der Waals surface area contributed by atoms with E-state index >= 15 is 0 Å². The lowest BCUT2D eigenvalue weighted by molar-refractivity contribution is -0.224. The highest BCUT2D eigenvalue weighted by atomic mass is 16.7. The fourth-order valence-electron chi connectivity index (χ4n) is 2.58. The zero-order valence-electron chi connectivity index (χ0n) is 11.8. The van der Waals surface area contributed by atoms with E-state index in [1.807, 2.05) is 0 Å². The van der Waals surface area contributed by atoms with Crippen LogP contribution in [-0.2, 0) is 14.2 Å². The van der Waals surface area contributed by atoms with E-state index in [0.717, 1.165) is 0 Å². The minimum absolute atomic E-state index is 0.697. The van der Waals surface area contributed by atoms with Crippen molar-refractivity contribution in [2.75, 3.05) is 6.61 Å². The second kappa shape index (κ2) is 7.01. The summed E-state index contributed by atoms with van der Waals surface area (Å²) >= 11 is 0. The van der Waals surface area contributed by atoms with E-state index in [4.69, 9.17) is 19.3 Å². The highest BCUT2D eigenvalue weighted by molar-refractivity contribution is 4.95. The second-order valence-electron chi connectivity index (χ2n) is 5.52. The quantitative estimate of drug-likeness (QED) is 0.262. The highest BCUT2D eigenvalue weighted by Gasteiger charge is 2.52. The molecular formula is C12H22O10. The molecule has 0 radical (unpaired) electrons. The maximum absolute atomic E-state index is 9.86. The molecule has 0 amide bonds. The minimum Gasteiger partial charge on any atom is -0.394 e. The van der Waals surface area contributed by atoms with Gasteiger partial charge in [-0.05, 0) is 6.92 Å². The Balaban J connectivity index is 2.07. The molecule has 10 nitrogen and oxygen atoms in total. The average molecular weight is 326 g/mol. The Hall–Kier alpha value is -0.400. The first-order valence-corrected chi connectivity index (χ1v) is 6.93. The third kappa shape index (κ3) is 3.26. The molecule has 0 aromatic heterocycles. The summed E-state index contributed by atoms with van der Waals surface area (Å²) in [6, 6.07) is 0. The van der Waals surface area contributed by atoms with Crippen LogP contribution in [0, 0.1) is 0 Å². The first-order valence-electron chi connectivity index (χ1n) is 6.93. The van der Waals surface area contributed by atoms with Crippen LogP contribution >= 0.6 is 0 Å². The molecule has 0 unspecified atom stereocenters. The summed E-state index contributed by atoms with van der Waals surface area (Å²) in [5.41, 5.74) is 0. The number of hydrogen-bond acceptors (Lipinski definition) is 10. The summed E-state index contributed by atoms with van der Waals surface area (Å²) in [6.07, 6.45) is -13.7. The molecule has 0 aromatic rings. The number of ether oxygens (including phenoxy) is 3. The van der Waals surface area contributed by atoms with Gasteiger partial charge in [0.15, 0.2) is 12.6 Å². The molecule has 10 heteroatoms. The van der Waals surface area contributed by atoms with Gasteiger partial charge in [-0.25, -0.2) is 0 Å². The van der Waals surface area contributed by atoms with E-state index in [2.05, 4.69) is 0 Å². The first-order chi connectivity index (χ1) is 10.3. The molecule has 7 N–H and O–H groups in total. The van der Waals surface area contributed by atoms with Crippen LogP contribution in [0.4, 0.5) is 0 Å². The Morgan fingerprint density at radius 1 is 0.955 bits per heavy atom. The van der Waals surface area contributed by atoms with Crippen LogP contribution < -0.4 is 0 Å². The fourth-order valence-corrected chi connectivity index (χ4v) is 2.58. The molecule has 2 rings (SSSR count). The van der Waals surface area contributed by atoms with Gasteiger partial charge in [-0.15, -0.1) is 0 Å². The van der Waals surface area contributed by atoms with Gasteiger partial charge in [0, 0.05) is 0 Å². The van der Waals surface area contributed by atoms with Gasteiger partial charge < -0.3 is 50.0 Å². The van der Waals surface area contributed by atoms with E-state index in [1.165, 1.54) is 6.92 Å². The predicted octanol–water partition coefficient (Wildman–Crippen LogP) is -4.37. The normalized spacial score (nSPS) is 48.5. The van der Waals surface area contributed by atoms with Crippen molar-refractivity contribution in [1.82, 2.24) is 0 Å². The van der Waals surface area contributed by atoms with Crippen LogP contribution in [0.25, 0.3) is 0 Å². The van der Waals surface area contributed by atoms with Gasteiger partial charge in [0.2, 0.25) is 0 Å². The predicted molar refractivity (Wildman–Crippen MR) is 67.2 cm³/mol. The highest BCUT2D eigenvalue weighted by Crippen LogP contribution is 2.31. The molecule has 2 aliphatic heterocycles. The van der Waals surface area contributed by atoms with Crippen molar-refractivity contribution in [3.63, 3.8) is 0 Å². The van der Waals surface area contributed by atoms with Crippen molar-refractivity contribution >= 4 is 0 Å². The molecule has 0 aliphatic carbocycles. The molecule has 2 aliphatic rings. The molecule has 22 heavy (non-hydrogen) atoms. The molecule has 0 spiro atoms. The third-order valence-corrected chi connectivity index (χ3v) is 3.84. The van der Waals surface area contributed by atoms with Crippen molar-refractivity contribution in [2.24, 2.45) is 0 Å². The zero-order chi connectivity index (χ0) is 16.6. The van der Waals surface area contributed by atoms with Gasteiger partial charge in [0.05, 0.1) is 12.7 Å². The lowest BCUT2D eigenvalue weighted by atomic mass is 10.1. The standard InChI is InChI=1S/C12H22O10/c1-3(14)8-5(16)6(17)12(21-8)22-10-7(18)11(19)20-9(10)4(15)2-13/h3-19H,2H2,1H3/t3-,4-,5-,6-,7-,8+,9+,10-,11-,12+/m1/s1. The summed E-state index contributed by atoms with van der Waals surface area (Å²) in [4.78, 5) is 0. The molecule has 0 saturated carbocycles. The second-order valence-corrected chi connectivity index (χ2v) is 5.52. The van der Waals surface area contributed by atoms with Gasteiger partial charge in [-0.1, -0.05) is 0 Å². The minimum atomic E-state index is -1.65. The van der Waals surface area contributed by atoms with Crippen LogP contribution in [0.5, 0.6) is 0 Å². The summed E-state index contributed by atoms with van der Waals surface area (Å²) in [7, 11) is 0. The van der Waals surface area contributed by atoms with Crippen LogP contribution in [0.15, 0.2) is 0 Å². The number of rotatable bonds is 5. The fraction of sp³-hybridized carbons (Fsp3) is 1.00. The van der Waals surface area contributed by atoms with Crippen molar-refractivity contribution in [3.8, 4) is 0 Å². The SMILES string of the molecule is C[C@@H](O)[C@@H]1O[C@@H](O[C@@H]2[C@@H](O)[C@H](O)O[C@H]2[C@H](O)CO)[C@H](O)[C@H]1O. The summed E-state index contributed by atoms with van der Waals surface area (Å²) in [5, 5.41) is 67.0. The van der Waals surface area contributed by atoms with Crippen LogP contribution in [0.3, 0.4) is 0 Å². The lowest BCUT2D eigenvalue weighted by Gasteiger charge is -2.27. The number of aliphatic hydroxyl groups excluding tert-OH is 7. The molecule has 130 valence electrons. The molecule has 0 aromatic carbocycles. The topological polar surface area (TPSA) is 169 Å². The molecule has 2 saturated heterocycles. The Kier molecular flexibility index (Phi) is 5.72. The van der Waals surface area contributed by atoms with Gasteiger partial charge in [-0.3, -0.25) is 0 Å². The lowest BCUT2D eigenvalue weighted by Crippen LogP contribution is -2.46. The van der Waals surface area contributed by atoms with Crippen LogP contribution in [0.1, 0.15) is 6.92 Å². The molecule has 2 fully saturated rings. The Morgan fingerprint density at radius 2 is 1.59 bits per heavy atom. The Bertz CT molecular complexity index is 366. The molecule has 2 heterocycles. The zero-order valence-corrected chi connectivity index (χ0v) is 11.8. The molecule has 10 atom stereocenters. The van der Waals surface area contributed by atoms with E-state index in [-0.39, 0.29) is 0 Å². The maximum Gasteiger partial charge on any atom is 0.187 e. The summed E-state index contributed by atoms with van der Waals surface area (Å²) in [5.74, 6) is 0. The number of hydrogen-bond donors (Lipinski definition) is 7. The van der Waals surface area contributed by atoms with Crippen molar-refractivity contribution < 1.29 is 50.0 Å². The van der Waals surface area contributed by atoms with E-state index < -0.39 is 68.0 Å². The third-order valence-electron chi connectivity index (χ3n) is 3.84. The summed E-state index contributed by atoms with van der Waals surface area (Å²) in [6.45, 7) is 0.662. The van der Waals surface area contributed by atoms with E-state index in [9.17, 15) is 30.6 Å². The average Bonchev–Trinajstić information content (AvgIpc) is 2.91. The Labute approximate surface area is 126 Å². The van der Waals surface area contributed by atoms with Gasteiger partial charge in [-0.2, -0.15) is 0 Å². The van der Waals surface area contributed by atoms with Gasteiger partial charge in [0.25, 0.3) is 0 Å². The van der Waals surface area contributed by atoms with Gasteiger partial charge in [0.1, 0.15) is 42.7 Å². The summed E-state index contributed by atoms with van der Waals surface area (Å²) < 4.78 is 15.4. The van der Waals surface area contributed by atoms with Crippen molar-refractivity contribution in [3.05, 3.63) is 0 Å². The maximum atomic E-state index is 9.86. The number of aliphatic hydroxyl groups is 7. The Morgan fingerprint density at radius 3 is 2.09 bits per heavy atom. The van der Waals surface area contributed by atoms with Crippen molar-refractivity contribution in [2.45, 2.75) is 68.3 Å². The monoisotopic (exact) mass is 326 g/mol. The molecular weight excluding hydrogens is 304 g/mol. The van der Waals surface area contributed by atoms with E-state index in [1.54, 1.807) is 0 Å². The largest absolute Gasteiger partial charge is 0.394 e.